The van der Waals surface area contributed by atoms with E-state index in [1.54, 1.807) is 6.20 Å². The summed E-state index contributed by atoms with van der Waals surface area (Å²) in [6.45, 7) is 7.77. The van der Waals surface area contributed by atoms with E-state index in [9.17, 15) is 4.79 Å². The Kier molecular flexibility index (Phi) is 5.18. The third-order valence-corrected chi connectivity index (χ3v) is 4.54. The number of anilines is 1. The van der Waals surface area contributed by atoms with Gasteiger partial charge in [-0.15, -0.1) is 0 Å². The fourth-order valence-electron chi connectivity index (χ4n) is 3.25. The van der Waals surface area contributed by atoms with Gasteiger partial charge in [0.1, 0.15) is 0 Å². The van der Waals surface area contributed by atoms with Gasteiger partial charge in [0.25, 0.3) is 5.91 Å². The smallest absolute Gasteiger partial charge is 0.253 e. The van der Waals surface area contributed by atoms with Gasteiger partial charge in [0.2, 0.25) is 0 Å². The van der Waals surface area contributed by atoms with Gasteiger partial charge in [0, 0.05) is 44.3 Å². The van der Waals surface area contributed by atoms with E-state index in [2.05, 4.69) is 34.3 Å². The van der Waals surface area contributed by atoms with E-state index >= 15 is 0 Å². The summed E-state index contributed by atoms with van der Waals surface area (Å²) in [7, 11) is 0. The summed E-state index contributed by atoms with van der Waals surface area (Å²) in [4.78, 5) is 19.1. The molecule has 0 aliphatic carbocycles. The van der Waals surface area contributed by atoms with E-state index < -0.39 is 0 Å². The van der Waals surface area contributed by atoms with Gasteiger partial charge in [-0.05, 0) is 37.8 Å². The molecule has 128 valence electrons. The fraction of sp³-hybridized carbons (Fsp3) is 0.474. The molecule has 0 spiro atoms. The lowest BCUT2D eigenvalue weighted by atomic mass is 10.1. The number of aryl methyl sites for hydroxylation is 1. The second-order valence-corrected chi connectivity index (χ2v) is 6.79. The number of carbonyl (C=O) groups is 1. The van der Waals surface area contributed by atoms with E-state index in [0.29, 0.717) is 12.5 Å². The third-order valence-electron chi connectivity index (χ3n) is 4.54. The van der Waals surface area contributed by atoms with Gasteiger partial charge >= 0.3 is 0 Å². The maximum absolute atomic E-state index is 12.7. The Morgan fingerprint density at radius 3 is 2.83 bits per heavy atom. The van der Waals surface area contributed by atoms with Crippen LogP contribution in [0.4, 0.5) is 5.69 Å². The molecule has 1 aromatic heterocycles. The molecular weight excluding hydrogens is 300 g/mol. The monoisotopic (exact) mass is 326 g/mol. The first-order valence-corrected chi connectivity index (χ1v) is 8.73. The van der Waals surface area contributed by atoms with Gasteiger partial charge < -0.3 is 14.8 Å². The molecule has 1 aromatic carbocycles. The van der Waals surface area contributed by atoms with Crippen molar-refractivity contribution in [1.29, 1.82) is 0 Å². The minimum absolute atomic E-state index is 0.0260. The van der Waals surface area contributed by atoms with Crippen molar-refractivity contribution in [2.24, 2.45) is 5.92 Å². The van der Waals surface area contributed by atoms with Gasteiger partial charge in [-0.25, -0.2) is 4.98 Å². The molecule has 5 nitrogen and oxygen atoms in total. The summed E-state index contributed by atoms with van der Waals surface area (Å²) >= 11 is 0. The summed E-state index contributed by atoms with van der Waals surface area (Å²) in [5, 5.41) is 3.10. The maximum Gasteiger partial charge on any atom is 0.253 e. The number of nitrogens with zero attached hydrogens (tertiary/aromatic N) is 3. The van der Waals surface area contributed by atoms with Gasteiger partial charge in [-0.3, -0.25) is 4.79 Å². The van der Waals surface area contributed by atoms with Gasteiger partial charge in [0.05, 0.1) is 11.9 Å². The standard InChI is InChI=1S/C19H26N4O/c1-15-5-6-18(23-8-3-4-9-23)17(11-15)19(24)21-12-16(2)13-22-10-7-20-14-22/h5-7,10-11,14,16H,3-4,8-9,12-13H2,1-2H3,(H,21,24)/t16-/m1/s1. The molecule has 0 bridgehead atoms. The first-order chi connectivity index (χ1) is 11.6. The van der Waals surface area contributed by atoms with Crippen molar-refractivity contribution in [3.05, 3.63) is 48.0 Å². The topological polar surface area (TPSA) is 50.2 Å². The molecule has 0 saturated carbocycles. The average Bonchev–Trinajstić information content (AvgIpc) is 3.26. The molecule has 24 heavy (non-hydrogen) atoms. The first kappa shape index (κ1) is 16.6. The summed E-state index contributed by atoms with van der Waals surface area (Å²) < 4.78 is 2.04. The van der Waals surface area contributed by atoms with Crippen LogP contribution in [0.25, 0.3) is 0 Å². The number of benzene rings is 1. The Morgan fingerprint density at radius 1 is 1.33 bits per heavy atom. The molecule has 1 fully saturated rings. The molecule has 1 amide bonds. The van der Waals surface area contributed by atoms with Crippen LogP contribution in [0, 0.1) is 12.8 Å². The van der Waals surface area contributed by atoms with E-state index in [1.165, 1.54) is 12.8 Å². The lowest BCUT2D eigenvalue weighted by molar-refractivity contribution is 0.0947. The number of carbonyl (C=O) groups excluding carboxylic acids is 1. The quantitative estimate of drug-likeness (QED) is 0.888. The number of nitrogens with one attached hydrogen (secondary N) is 1. The molecule has 5 heteroatoms. The second-order valence-electron chi connectivity index (χ2n) is 6.79. The predicted molar refractivity (Wildman–Crippen MR) is 96.4 cm³/mol. The lowest BCUT2D eigenvalue weighted by Crippen LogP contribution is -2.31. The molecule has 1 N–H and O–H groups in total. The molecule has 1 aliphatic rings. The zero-order chi connectivity index (χ0) is 16.9. The number of hydrogen-bond donors (Lipinski definition) is 1. The first-order valence-electron chi connectivity index (χ1n) is 8.73. The van der Waals surface area contributed by atoms with Crippen molar-refractivity contribution >= 4 is 11.6 Å². The van der Waals surface area contributed by atoms with Crippen LogP contribution < -0.4 is 10.2 Å². The van der Waals surface area contributed by atoms with Crippen LogP contribution in [0.5, 0.6) is 0 Å². The van der Waals surface area contributed by atoms with Gasteiger partial charge in [0.15, 0.2) is 0 Å². The molecule has 1 saturated heterocycles. The van der Waals surface area contributed by atoms with Crippen LogP contribution in [0.3, 0.4) is 0 Å². The highest BCUT2D eigenvalue weighted by atomic mass is 16.1. The van der Waals surface area contributed by atoms with Crippen molar-refractivity contribution in [2.45, 2.75) is 33.2 Å². The van der Waals surface area contributed by atoms with Crippen molar-refractivity contribution in [3.63, 3.8) is 0 Å². The number of imidazole rings is 1. The zero-order valence-electron chi connectivity index (χ0n) is 14.5. The van der Waals surface area contributed by atoms with Crippen molar-refractivity contribution in [3.8, 4) is 0 Å². The summed E-state index contributed by atoms with van der Waals surface area (Å²) in [5.74, 6) is 0.376. The second kappa shape index (κ2) is 7.51. The van der Waals surface area contributed by atoms with Crippen LogP contribution in [0.1, 0.15) is 35.7 Å². The zero-order valence-corrected chi connectivity index (χ0v) is 14.5. The fourth-order valence-corrected chi connectivity index (χ4v) is 3.25. The highest BCUT2D eigenvalue weighted by molar-refractivity contribution is 6.00. The van der Waals surface area contributed by atoms with E-state index in [1.807, 2.05) is 30.1 Å². The summed E-state index contributed by atoms with van der Waals surface area (Å²) in [6, 6.07) is 6.18. The molecule has 2 heterocycles. The van der Waals surface area contributed by atoms with Gasteiger partial charge in [-0.2, -0.15) is 0 Å². The van der Waals surface area contributed by atoms with E-state index in [4.69, 9.17) is 0 Å². The minimum atomic E-state index is 0.0260. The van der Waals surface area contributed by atoms with Crippen LogP contribution in [-0.4, -0.2) is 35.1 Å². The maximum atomic E-state index is 12.7. The predicted octanol–water partition coefficient (Wildman–Crippen LogP) is 2.86. The van der Waals surface area contributed by atoms with Crippen LogP contribution in [0.15, 0.2) is 36.9 Å². The largest absolute Gasteiger partial charge is 0.371 e. The number of hydrogen-bond acceptors (Lipinski definition) is 3. The van der Waals surface area contributed by atoms with Gasteiger partial charge in [-0.1, -0.05) is 18.6 Å². The van der Waals surface area contributed by atoms with Crippen LogP contribution in [0.2, 0.25) is 0 Å². The highest BCUT2D eigenvalue weighted by Gasteiger charge is 2.19. The Labute approximate surface area is 143 Å². The SMILES string of the molecule is Cc1ccc(N2CCCC2)c(C(=O)NC[C@@H](C)Cn2ccnc2)c1. The number of aromatic nitrogens is 2. The molecule has 2 aromatic rings. The average molecular weight is 326 g/mol. The third kappa shape index (κ3) is 3.96. The number of rotatable bonds is 6. The van der Waals surface area contributed by atoms with E-state index in [0.717, 1.165) is 36.4 Å². The minimum Gasteiger partial charge on any atom is -0.371 e. The van der Waals surface area contributed by atoms with Crippen molar-refractivity contribution in [2.75, 3.05) is 24.5 Å². The Hall–Kier alpha value is -2.30. The highest BCUT2D eigenvalue weighted by Crippen LogP contribution is 2.25. The Bertz CT molecular complexity index is 675. The van der Waals surface area contributed by atoms with E-state index in [-0.39, 0.29) is 5.91 Å². The normalized spacial score (nSPS) is 15.5. The molecular formula is C19H26N4O. The Morgan fingerprint density at radius 2 is 2.12 bits per heavy atom. The molecule has 0 unspecified atom stereocenters. The summed E-state index contributed by atoms with van der Waals surface area (Å²) in [6.07, 6.45) is 7.95. The number of amides is 1. The summed E-state index contributed by atoms with van der Waals surface area (Å²) in [5.41, 5.74) is 2.99. The Balaban J connectivity index is 1.64. The molecule has 3 rings (SSSR count). The van der Waals surface area contributed by atoms with Crippen molar-refractivity contribution in [1.82, 2.24) is 14.9 Å². The molecule has 1 aliphatic heterocycles. The van der Waals surface area contributed by atoms with Crippen LogP contribution in [-0.2, 0) is 6.54 Å². The molecule has 1 atom stereocenters. The van der Waals surface area contributed by atoms with Crippen LogP contribution >= 0.6 is 0 Å². The van der Waals surface area contributed by atoms with Crippen molar-refractivity contribution < 1.29 is 4.79 Å². The molecule has 0 radical (unpaired) electrons. The lowest BCUT2D eigenvalue weighted by Gasteiger charge is -2.22.